The molecule has 1 aliphatic rings. The van der Waals surface area contributed by atoms with Gasteiger partial charge in [0.2, 0.25) is 5.91 Å². The summed E-state index contributed by atoms with van der Waals surface area (Å²) < 4.78 is 5.37. The zero-order valence-corrected chi connectivity index (χ0v) is 32.8. The molecule has 3 aromatic rings. The Morgan fingerprint density at radius 3 is 2.07 bits per heavy atom. The number of likely N-dealkylation sites (N-methyl/N-ethyl adjacent to an activating group) is 1. The zero-order chi connectivity index (χ0) is 39.3. The lowest BCUT2D eigenvalue weighted by Gasteiger charge is -2.38. The Labute approximate surface area is 320 Å². The summed E-state index contributed by atoms with van der Waals surface area (Å²) in [4.78, 5) is 59.3. The maximum absolute atomic E-state index is 12.9. The second-order valence-electron chi connectivity index (χ2n) is 15.0. The predicted molar refractivity (Wildman–Crippen MR) is 214 cm³/mol. The quantitative estimate of drug-likeness (QED) is 0.151. The van der Waals surface area contributed by atoms with Crippen LogP contribution in [0.1, 0.15) is 63.2 Å². The molecule has 1 saturated heterocycles. The van der Waals surface area contributed by atoms with Gasteiger partial charge in [-0.25, -0.2) is 9.59 Å². The van der Waals surface area contributed by atoms with Crippen LogP contribution in [0.3, 0.4) is 0 Å². The summed E-state index contributed by atoms with van der Waals surface area (Å²) in [5.74, 6) is -0.00570. The fourth-order valence-corrected chi connectivity index (χ4v) is 6.51. The Kier molecular flexibility index (Phi) is 15.3. The number of amides is 4. The van der Waals surface area contributed by atoms with Gasteiger partial charge in [-0.15, -0.1) is 0 Å². The molecule has 1 aliphatic heterocycles. The number of rotatable bonds is 16. The summed E-state index contributed by atoms with van der Waals surface area (Å²) in [7, 11) is 5.28. The van der Waals surface area contributed by atoms with E-state index in [0.29, 0.717) is 56.7 Å². The highest BCUT2D eigenvalue weighted by atomic mass is 16.6. The van der Waals surface area contributed by atoms with Crippen molar-refractivity contribution in [2.75, 3.05) is 77.2 Å². The summed E-state index contributed by atoms with van der Waals surface area (Å²) >= 11 is 0. The maximum atomic E-state index is 12.9. The van der Waals surface area contributed by atoms with Crippen molar-refractivity contribution in [1.29, 1.82) is 0 Å². The zero-order valence-electron chi connectivity index (χ0n) is 32.8. The molecule has 292 valence electrons. The van der Waals surface area contributed by atoms with Crippen molar-refractivity contribution >= 4 is 35.4 Å². The van der Waals surface area contributed by atoms with Gasteiger partial charge in [-0.3, -0.25) is 14.5 Å². The van der Waals surface area contributed by atoms with Gasteiger partial charge in [0.1, 0.15) is 5.60 Å². The highest BCUT2D eigenvalue weighted by Crippen LogP contribution is 2.34. The third-order valence-corrected chi connectivity index (χ3v) is 9.62. The van der Waals surface area contributed by atoms with Gasteiger partial charge in [-0.1, -0.05) is 48.5 Å². The summed E-state index contributed by atoms with van der Waals surface area (Å²) in [6.45, 7) is 9.98. The van der Waals surface area contributed by atoms with Crippen LogP contribution in [-0.4, -0.2) is 127 Å². The van der Waals surface area contributed by atoms with Crippen LogP contribution in [-0.2, 0) is 9.53 Å². The number of carbonyl (C=O) groups is 4. The highest BCUT2D eigenvalue weighted by Gasteiger charge is 2.30. The number of para-hydroxylation sites is 1. The molecule has 0 aromatic heterocycles. The van der Waals surface area contributed by atoms with E-state index < -0.39 is 11.7 Å². The molecule has 1 heterocycles. The van der Waals surface area contributed by atoms with Gasteiger partial charge in [-0.2, -0.15) is 0 Å². The highest BCUT2D eigenvalue weighted by molar-refractivity contribution is 5.94. The van der Waals surface area contributed by atoms with Crippen molar-refractivity contribution in [2.45, 2.75) is 64.5 Å². The molecular formula is C42H58N6O6. The average molecular weight is 743 g/mol. The van der Waals surface area contributed by atoms with Crippen molar-refractivity contribution in [1.82, 2.24) is 19.6 Å². The van der Waals surface area contributed by atoms with E-state index in [9.17, 15) is 24.3 Å². The van der Waals surface area contributed by atoms with Crippen molar-refractivity contribution in [2.24, 2.45) is 0 Å². The minimum Gasteiger partial charge on any atom is -0.465 e. The molecule has 54 heavy (non-hydrogen) atoms. The van der Waals surface area contributed by atoms with Gasteiger partial charge >= 0.3 is 12.2 Å². The Morgan fingerprint density at radius 1 is 0.796 bits per heavy atom. The van der Waals surface area contributed by atoms with Gasteiger partial charge in [-0.05, 0) is 82.3 Å². The predicted octanol–water partition coefficient (Wildman–Crippen LogP) is 6.98. The molecule has 4 rings (SSSR count). The number of hydrogen-bond acceptors (Lipinski definition) is 7. The third-order valence-electron chi connectivity index (χ3n) is 9.62. The molecule has 1 fully saturated rings. The van der Waals surface area contributed by atoms with Gasteiger partial charge < -0.3 is 34.8 Å². The number of piperidine rings is 1. The molecule has 2 N–H and O–H groups in total. The van der Waals surface area contributed by atoms with Gasteiger partial charge in [0.25, 0.3) is 5.91 Å². The number of likely N-dealkylation sites (tertiary alicyclic amines) is 1. The summed E-state index contributed by atoms with van der Waals surface area (Å²) in [5, 5.41) is 13.6. The van der Waals surface area contributed by atoms with E-state index >= 15 is 0 Å². The number of anilines is 2. The number of hydrogen-bond donors (Lipinski definition) is 2. The van der Waals surface area contributed by atoms with E-state index in [1.165, 1.54) is 9.80 Å². The molecule has 12 nitrogen and oxygen atoms in total. The standard InChI is InChI=1S/C42H58N6O6/c1-42(2,3)54-41(53)46(6)27-13-26-45(5)39(50)33-19-21-34(22-20-33)43-25-12-18-38(49)44(4)30-31-47-28-23-35(24-29-47)48(40(51)52)37-17-11-10-16-36(37)32-14-8-7-9-15-32/h7-11,14-17,19-22,35,43H,12-13,18,23-31H2,1-6H3,(H,51,52). The van der Waals surface area contributed by atoms with E-state index in [0.717, 1.165) is 49.3 Å². The lowest BCUT2D eigenvalue weighted by Crippen LogP contribution is -2.48. The van der Waals surface area contributed by atoms with Crippen molar-refractivity contribution in [3.05, 3.63) is 84.4 Å². The van der Waals surface area contributed by atoms with Crippen LogP contribution in [0.5, 0.6) is 0 Å². The lowest BCUT2D eigenvalue weighted by molar-refractivity contribution is -0.130. The Morgan fingerprint density at radius 2 is 1.43 bits per heavy atom. The first-order valence-corrected chi connectivity index (χ1v) is 18.9. The smallest absolute Gasteiger partial charge is 0.412 e. The van der Waals surface area contributed by atoms with E-state index in [4.69, 9.17) is 4.74 Å². The number of carbonyl (C=O) groups excluding carboxylic acids is 3. The molecule has 3 aromatic carbocycles. The summed E-state index contributed by atoms with van der Waals surface area (Å²) in [6.07, 6.45) is 1.84. The molecule has 0 spiro atoms. The number of nitrogens with zero attached hydrogens (tertiary/aromatic N) is 5. The van der Waals surface area contributed by atoms with Crippen LogP contribution in [0.25, 0.3) is 11.1 Å². The van der Waals surface area contributed by atoms with Crippen LogP contribution >= 0.6 is 0 Å². The normalized spacial score (nSPS) is 13.5. The van der Waals surface area contributed by atoms with E-state index in [1.807, 2.05) is 94.5 Å². The summed E-state index contributed by atoms with van der Waals surface area (Å²) in [5.41, 5.74) is 3.51. The Balaban J connectivity index is 1.13. The first-order valence-electron chi connectivity index (χ1n) is 18.9. The molecular weight excluding hydrogens is 684 g/mol. The second-order valence-corrected chi connectivity index (χ2v) is 15.0. The lowest BCUT2D eigenvalue weighted by atomic mass is 9.98. The molecule has 0 saturated carbocycles. The molecule has 0 atom stereocenters. The van der Waals surface area contributed by atoms with Gasteiger partial charge in [0.15, 0.2) is 0 Å². The SMILES string of the molecule is CN(CCN1CCC(N(C(=O)O)c2ccccc2-c2ccccc2)CC1)C(=O)CCCNc1ccc(C(=O)N(C)CCCN(C)C(=O)OC(C)(C)C)cc1. The van der Waals surface area contributed by atoms with Crippen LogP contribution in [0.15, 0.2) is 78.9 Å². The fourth-order valence-electron chi connectivity index (χ4n) is 6.51. The maximum Gasteiger partial charge on any atom is 0.412 e. The molecule has 4 amide bonds. The van der Waals surface area contributed by atoms with Crippen molar-refractivity contribution < 1.29 is 29.0 Å². The largest absolute Gasteiger partial charge is 0.465 e. The topological polar surface area (TPSA) is 126 Å². The first-order chi connectivity index (χ1) is 25.7. The Hall–Kier alpha value is -5.10. The number of ether oxygens (including phenoxy) is 1. The van der Waals surface area contributed by atoms with E-state index in [1.54, 1.807) is 36.0 Å². The summed E-state index contributed by atoms with van der Waals surface area (Å²) in [6, 6.07) is 24.8. The third kappa shape index (κ3) is 12.5. The van der Waals surface area contributed by atoms with Crippen molar-refractivity contribution in [3.8, 4) is 11.1 Å². The Bertz CT molecular complexity index is 1670. The number of benzene rings is 3. The average Bonchev–Trinajstić information content (AvgIpc) is 3.15. The van der Waals surface area contributed by atoms with E-state index in [2.05, 4.69) is 10.2 Å². The van der Waals surface area contributed by atoms with E-state index in [-0.39, 0.29) is 23.9 Å². The fraction of sp³-hybridized carbons (Fsp3) is 0.476. The molecule has 0 bridgehead atoms. The van der Waals surface area contributed by atoms with Gasteiger partial charge in [0, 0.05) is 96.2 Å². The van der Waals surface area contributed by atoms with Crippen LogP contribution in [0.2, 0.25) is 0 Å². The monoisotopic (exact) mass is 742 g/mol. The molecule has 0 aliphatic carbocycles. The van der Waals surface area contributed by atoms with Crippen LogP contribution in [0, 0.1) is 0 Å². The number of carboxylic acid groups (broad SMARTS) is 1. The molecule has 12 heteroatoms. The van der Waals surface area contributed by atoms with Crippen LogP contribution in [0.4, 0.5) is 21.0 Å². The molecule has 0 radical (unpaired) electrons. The van der Waals surface area contributed by atoms with Crippen LogP contribution < -0.4 is 10.2 Å². The first kappa shape index (κ1) is 41.7. The number of nitrogens with one attached hydrogen (secondary N) is 1. The molecule has 0 unspecified atom stereocenters. The van der Waals surface area contributed by atoms with Crippen molar-refractivity contribution in [3.63, 3.8) is 0 Å². The minimum atomic E-state index is -0.943. The minimum absolute atomic E-state index is 0.0857. The van der Waals surface area contributed by atoms with Gasteiger partial charge in [0.05, 0.1) is 5.69 Å². The second kappa shape index (κ2) is 19.8.